The third-order valence-corrected chi connectivity index (χ3v) is 2.88. The lowest BCUT2D eigenvalue weighted by Crippen LogP contribution is -2.48. The van der Waals surface area contributed by atoms with Crippen LogP contribution in [0.2, 0.25) is 5.02 Å². The maximum absolute atomic E-state index is 11.6. The standard InChI is InChI=1S/C10H10ClN3O3/c11-8-2-1-7(3-9(8)14(16)17)13-10(15)6-4-12-5-6/h1-3,6,12H,4-5H2,(H,13,15). The molecule has 7 heteroatoms. The van der Waals surface area contributed by atoms with E-state index in [1.165, 1.54) is 12.1 Å². The van der Waals surface area contributed by atoms with Gasteiger partial charge in [-0.1, -0.05) is 11.6 Å². The molecule has 1 amide bonds. The van der Waals surface area contributed by atoms with Crippen molar-refractivity contribution >= 4 is 28.9 Å². The average molecular weight is 256 g/mol. The van der Waals surface area contributed by atoms with E-state index >= 15 is 0 Å². The summed E-state index contributed by atoms with van der Waals surface area (Å²) in [6.07, 6.45) is 0. The first-order chi connectivity index (χ1) is 8.08. The van der Waals surface area contributed by atoms with Gasteiger partial charge >= 0.3 is 0 Å². The number of carbonyl (C=O) groups is 1. The number of nitrogens with one attached hydrogen (secondary N) is 2. The predicted molar refractivity (Wildman–Crippen MR) is 63.1 cm³/mol. The van der Waals surface area contributed by atoms with Crippen LogP contribution in [0.5, 0.6) is 0 Å². The highest BCUT2D eigenvalue weighted by atomic mass is 35.5. The van der Waals surface area contributed by atoms with Crippen LogP contribution in [-0.2, 0) is 4.79 Å². The Labute approximate surface area is 102 Å². The maximum atomic E-state index is 11.6. The molecule has 6 nitrogen and oxygen atoms in total. The van der Waals surface area contributed by atoms with E-state index in [0.29, 0.717) is 18.8 Å². The molecule has 0 aliphatic carbocycles. The fourth-order valence-corrected chi connectivity index (χ4v) is 1.64. The summed E-state index contributed by atoms with van der Waals surface area (Å²) in [5, 5.41) is 16.3. The van der Waals surface area contributed by atoms with Crippen LogP contribution < -0.4 is 10.6 Å². The van der Waals surface area contributed by atoms with Crippen LogP contribution in [0.1, 0.15) is 0 Å². The molecule has 2 N–H and O–H groups in total. The summed E-state index contributed by atoms with van der Waals surface area (Å²) in [5.74, 6) is -0.204. The number of nitro groups is 1. The van der Waals surface area contributed by atoms with E-state index in [1.807, 2.05) is 0 Å². The van der Waals surface area contributed by atoms with Crippen molar-refractivity contribution < 1.29 is 9.72 Å². The predicted octanol–water partition coefficient (Wildman–Crippen LogP) is 1.41. The SMILES string of the molecule is O=C(Nc1ccc(Cl)c([N+](=O)[O-])c1)C1CNC1. The minimum absolute atomic E-state index is 0.0540. The van der Waals surface area contributed by atoms with E-state index in [0.717, 1.165) is 0 Å². The number of halogens is 1. The molecule has 1 aromatic carbocycles. The summed E-state index contributed by atoms with van der Waals surface area (Å²) in [5.41, 5.74) is 0.175. The van der Waals surface area contributed by atoms with Gasteiger partial charge in [0, 0.05) is 24.8 Å². The van der Waals surface area contributed by atoms with Gasteiger partial charge in [0.05, 0.1) is 10.8 Å². The molecule has 0 saturated carbocycles. The molecule has 0 radical (unpaired) electrons. The summed E-state index contributed by atoms with van der Waals surface area (Å²) in [6, 6.07) is 4.19. The third-order valence-electron chi connectivity index (χ3n) is 2.56. The number of hydrogen-bond acceptors (Lipinski definition) is 4. The van der Waals surface area contributed by atoms with Crippen molar-refractivity contribution in [2.45, 2.75) is 0 Å². The minimum atomic E-state index is -0.580. The minimum Gasteiger partial charge on any atom is -0.326 e. The summed E-state index contributed by atoms with van der Waals surface area (Å²) in [6.45, 7) is 1.28. The van der Waals surface area contributed by atoms with Crippen molar-refractivity contribution in [2.24, 2.45) is 5.92 Å². The Balaban J connectivity index is 2.13. The Bertz CT molecular complexity index is 474. The van der Waals surface area contributed by atoms with Gasteiger partial charge in [-0.15, -0.1) is 0 Å². The molecule has 2 rings (SSSR count). The van der Waals surface area contributed by atoms with Crippen molar-refractivity contribution in [1.29, 1.82) is 0 Å². The second kappa shape index (κ2) is 4.68. The van der Waals surface area contributed by atoms with Crippen molar-refractivity contribution in [2.75, 3.05) is 18.4 Å². The zero-order valence-corrected chi connectivity index (χ0v) is 9.53. The smallest absolute Gasteiger partial charge is 0.289 e. The van der Waals surface area contributed by atoms with Crippen molar-refractivity contribution in [3.63, 3.8) is 0 Å². The van der Waals surface area contributed by atoms with Gasteiger partial charge in [0.25, 0.3) is 5.69 Å². The summed E-state index contributed by atoms with van der Waals surface area (Å²) in [7, 11) is 0. The van der Waals surface area contributed by atoms with Gasteiger partial charge in [-0.3, -0.25) is 14.9 Å². The molecule has 0 unspecified atom stereocenters. The first-order valence-corrected chi connectivity index (χ1v) is 5.41. The monoisotopic (exact) mass is 255 g/mol. The lowest BCUT2D eigenvalue weighted by atomic mass is 10.0. The summed E-state index contributed by atoms with van der Waals surface area (Å²) < 4.78 is 0. The second-order valence-electron chi connectivity index (χ2n) is 3.77. The number of carbonyl (C=O) groups excluding carboxylic acids is 1. The first kappa shape index (κ1) is 11.8. The Kier molecular flexibility index (Phi) is 3.26. The molecule has 1 aromatic rings. The fourth-order valence-electron chi connectivity index (χ4n) is 1.45. The van der Waals surface area contributed by atoms with Crippen LogP contribution in [0.15, 0.2) is 18.2 Å². The average Bonchev–Trinajstić information content (AvgIpc) is 2.17. The third kappa shape index (κ3) is 2.54. The van der Waals surface area contributed by atoms with E-state index in [-0.39, 0.29) is 22.5 Å². The number of nitro benzene ring substituents is 1. The van der Waals surface area contributed by atoms with E-state index in [1.54, 1.807) is 6.07 Å². The van der Waals surface area contributed by atoms with Crippen molar-refractivity contribution in [3.05, 3.63) is 33.3 Å². The topological polar surface area (TPSA) is 84.3 Å². The molecule has 1 saturated heterocycles. The zero-order valence-electron chi connectivity index (χ0n) is 8.77. The number of benzene rings is 1. The van der Waals surface area contributed by atoms with Crippen molar-refractivity contribution in [1.82, 2.24) is 5.32 Å². The van der Waals surface area contributed by atoms with E-state index in [2.05, 4.69) is 10.6 Å². The Hall–Kier alpha value is -1.66. The Morgan fingerprint density at radius 3 is 2.76 bits per heavy atom. The van der Waals surface area contributed by atoms with Gasteiger partial charge in [-0.25, -0.2) is 0 Å². The maximum Gasteiger partial charge on any atom is 0.289 e. The van der Waals surface area contributed by atoms with Crippen LogP contribution in [0, 0.1) is 16.0 Å². The van der Waals surface area contributed by atoms with Gasteiger partial charge in [0.2, 0.25) is 5.91 Å². The van der Waals surface area contributed by atoms with Gasteiger partial charge in [0.15, 0.2) is 0 Å². The first-order valence-electron chi connectivity index (χ1n) is 5.03. The van der Waals surface area contributed by atoms with Crippen LogP contribution in [0.3, 0.4) is 0 Å². The number of anilines is 1. The molecule has 1 aliphatic heterocycles. The highest BCUT2D eigenvalue weighted by Crippen LogP contribution is 2.27. The second-order valence-corrected chi connectivity index (χ2v) is 4.17. The van der Waals surface area contributed by atoms with Gasteiger partial charge in [-0.05, 0) is 12.1 Å². The molecule has 17 heavy (non-hydrogen) atoms. The van der Waals surface area contributed by atoms with Crippen LogP contribution >= 0.6 is 11.6 Å². The van der Waals surface area contributed by atoms with Gasteiger partial charge in [-0.2, -0.15) is 0 Å². The lowest BCUT2D eigenvalue weighted by molar-refractivity contribution is -0.384. The molecule has 1 heterocycles. The molecule has 1 fully saturated rings. The molecule has 90 valence electrons. The Morgan fingerprint density at radius 2 is 2.24 bits per heavy atom. The van der Waals surface area contributed by atoms with Gasteiger partial charge < -0.3 is 10.6 Å². The number of nitrogens with zero attached hydrogens (tertiary/aromatic N) is 1. The molecule has 0 atom stereocenters. The number of hydrogen-bond donors (Lipinski definition) is 2. The van der Waals surface area contributed by atoms with E-state index in [4.69, 9.17) is 11.6 Å². The highest BCUT2D eigenvalue weighted by Gasteiger charge is 2.25. The van der Waals surface area contributed by atoms with Crippen LogP contribution in [0.4, 0.5) is 11.4 Å². The Morgan fingerprint density at radius 1 is 1.53 bits per heavy atom. The van der Waals surface area contributed by atoms with Gasteiger partial charge in [0.1, 0.15) is 5.02 Å². The fraction of sp³-hybridized carbons (Fsp3) is 0.300. The lowest BCUT2D eigenvalue weighted by Gasteiger charge is -2.25. The molecular formula is C10H10ClN3O3. The largest absolute Gasteiger partial charge is 0.326 e. The molecule has 0 bridgehead atoms. The van der Waals surface area contributed by atoms with Crippen LogP contribution in [-0.4, -0.2) is 23.9 Å². The molecule has 1 aliphatic rings. The number of amides is 1. The number of rotatable bonds is 3. The molecule has 0 aromatic heterocycles. The quantitative estimate of drug-likeness (QED) is 0.632. The highest BCUT2D eigenvalue weighted by molar-refractivity contribution is 6.32. The summed E-state index contributed by atoms with van der Waals surface area (Å²) in [4.78, 5) is 21.7. The van der Waals surface area contributed by atoms with Crippen molar-refractivity contribution in [3.8, 4) is 0 Å². The normalized spacial score (nSPS) is 15.1. The van der Waals surface area contributed by atoms with E-state index < -0.39 is 4.92 Å². The molecular weight excluding hydrogens is 246 g/mol. The zero-order chi connectivity index (χ0) is 12.4. The van der Waals surface area contributed by atoms with E-state index in [9.17, 15) is 14.9 Å². The molecule has 0 spiro atoms. The van der Waals surface area contributed by atoms with Crippen LogP contribution in [0.25, 0.3) is 0 Å². The summed E-state index contributed by atoms with van der Waals surface area (Å²) >= 11 is 5.66.